The van der Waals surface area contributed by atoms with Crippen LogP contribution in [0.25, 0.3) is 0 Å². The lowest BCUT2D eigenvalue weighted by atomic mass is 10.4. The van der Waals surface area contributed by atoms with E-state index in [2.05, 4.69) is 5.32 Å². The molecule has 0 spiro atoms. The summed E-state index contributed by atoms with van der Waals surface area (Å²) in [5.41, 5.74) is -0.200. The Labute approximate surface area is 97.0 Å². The Morgan fingerprint density at radius 3 is 2.47 bits per heavy atom. The summed E-state index contributed by atoms with van der Waals surface area (Å²) in [6.45, 7) is 3.05. The topological polar surface area (TPSA) is 39.0 Å². The fraction of sp³-hybridized carbons (Fsp3) is 0.700. The van der Waals surface area contributed by atoms with Gasteiger partial charge in [0.15, 0.2) is 0 Å². The first-order valence-electron chi connectivity index (χ1n) is 5.36. The van der Waals surface area contributed by atoms with Crippen molar-refractivity contribution in [2.45, 2.75) is 32.6 Å². The molecule has 98 valence electrons. The van der Waals surface area contributed by atoms with Gasteiger partial charge in [0.1, 0.15) is 0 Å². The van der Waals surface area contributed by atoms with Crippen LogP contribution in [-0.4, -0.2) is 28.4 Å². The van der Waals surface area contributed by atoms with Crippen molar-refractivity contribution in [3.05, 3.63) is 22.9 Å². The van der Waals surface area contributed by atoms with Crippen LogP contribution in [0.15, 0.2) is 17.2 Å². The SMILES string of the molecule is CC(C)n1ccn(CCNCC(F)(F)F)c1=O. The van der Waals surface area contributed by atoms with Gasteiger partial charge in [-0.25, -0.2) is 4.79 Å². The third kappa shape index (κ3) is 4.26. The average molecular weight is 251 g/mol. The molecular weight excluding hydrogens is 235 g/mol. The van der Waals surface area contributed by atoms with Crippen LogP contribution < -0.4 is 11.0 Å². The van der Waals surface area contributed by atoms with Crippen LogP contribution in [0, 0.1) is 0 Å². The molecule has 1 N–H and O–H groups in total. The Bertz CT molecular complexity index is 406. The minimum Gasteiger partial charge on any atom is -0.307 e. The van der Waals surface area contributed by atoms with Crippen molar-refractivity contribution in [2.75, 3.05) is 13.1 Å². The first-order chi connectivity index (χ1) is 7.81. The van der Waals surface area contributed by atoms with Crippen LogP contribution in [0.5, 0.6) is 0 Å². The number of hydrogen-bond acceptors (Lipinski definition) is 2. The molecule has 1 aromatic heterocycles. The first kappa shape index (κ1) is 13.8. The van der Waals surface area contributed by atoms with Crippen molar-refractivity contribution in [1.29, 1.82) is 0 Å². The summed E-state index contributed by atoms with van der Waals surface area (Å²) in [6, 6.07) is 0.0480. The van der Waals surface area contributed by atoms with Gasteiger partial charge < -0.3 is 5.32 Å². The van der Waals surface area contributed by atoms with E-state index >= 15 is 0 Å². The van der Waals surface area contributed by atoms with E-state index in [9.17, 15) is 18.0 Å². The molecule has 0 saturated heterocycles. The van der Waals surface area contributed by atoms with Gasteiger partial charge in [0, 0.05) is 31.5 Å². The van der Waals surface area contributed by atoms with E-state index in [-0.39, 0.29) is 24.8 Å². The zero-order valence-corrected chi connectivity index (χ0v) is 9.79. The molecule has 1 heterocycles. The van der Waals surface area contributed by atoms with Crippen molar-refractivity contribution in [3.63, 3.8) is 0 Å². The lowest BCUT2D eigenvalue weighted by Gasteiger charge is -2.08. The van der Waals surface area contributed by atoms with E-state index in [4.69, 9.17) is 0 Å². The van der Waals surface area contributed by atoms with Crippen LogP contribution >= 0.6 is 0 Å². The van der Waals surface area contributed by atoms with Crippen LogP contribution in [-0.2, 0) is 6.54 Å². The summed E-state index contributed by atoms with van der Waals surface area (Å²) in [7, 11) is 0. The Morgan fingerprint density at radius 1 is 1.35 bits per heavy atom. The minimum absolute atomic E-state index is 0.0480. The molecule has 0 aliphatic carbocycles. The highest BCUT2D eigenvalue weighted by atomic mass is 19.4. The maximum atomic E-state index is 11.8. The van der Waals surface area contributed by atoms with Crippen molar-refractivity contribution in [1.82, 2.24) is 14.5 Å². The van der Waals surface area contributed by atoms with Crippen molar-refractivity contribution < 1.29 is 13.2 Å². The molecule has 1 aromatic rings. The number of halogens is 3. The maximum Gasteiger partial charge on any atom is 0.401 e. The summed E-state index contributed by atoms with van der Waals surface area (Å²) in [5.74, 6) is 0. The second-order valence-electron chi connectivity index (χ2n) is 4.07. The van der Waals surface area contributed by atoms with E-state index in [1.54, 1.807) is 12.4 Å². The normalized spacial score (nSPS) is 12.4. The summed E-state index contributed by atoms with van der Waals surface area (Å²) >= 11 is 0. The van der Waals surface area contributed by atoms with Gasteiger partial charge in [0.25, 0.3) is 0 Å². The van der Waals surface area contributed by atoms with E-state index < -0.39 is 12.7 Å². The van der Waals surface area contributed by atoms with Gasteiger partial charge in [-0.3, -0.25) is 9.13 Å². The quantitative estimate of drug-likeness (QED) is 0.803. The molecule has 0 unspecified atom stereocenters. The smallest absolute Gasteiger partial charge is 0.307 e. The highest BCUT2D eigenvalue weighted by Crippen LogP contribution is 2.11. The van der Waals surface area contributed by atoms with Gasteiger partial charge in [-0.1, -0.05) is 0 Å². The molecule has 0 fully saturated rings. The van der Waals surface area contributed by atoms with Crippen LogP contribution in [0.1, 0.15) is 19.9 Å². The highest BCUT2D eigenvalue weighted by Gasteiger charge is 2.25. The molecule has 0 aromatic carbocycles. The third-order valence-electron chi connectivity index (χ3n) is 2.29. The van der Waals surface area contributed by atoms with E-state index in [1.165, 1.54) is 9.13 Å². The molecule has 0 amide bonds. The molecule has 4 nitrogen and oxygen atoms in total. The number of nitrogens with one attached hydrogen (secondary N) is 1. The second kappa shape index (κ2) is 5.39. The fourth-order valence-electron chi connectivity index (χ4n) is 1.42. The predicted molar refractivity (Wildman–Crippen MR) is 58.0 cm³/mol. The molecule has 7 heteroatoms. The maximum absolute atomic E-state index is 11.8. The molecule has 0 atom stereocenters. The van der Waals surface area contributed by atoms with Gasteiger partial charge in [-0.05, 0) is 13.8 Å². The molecule has 0 radical (unpaired) electrons. The molecule has 0 aliphatic heterocycles. The molecule has 0 aliphatic rings. The summed E-state index contributed by atoms with van der Waals surface area (Å²) < 4.78 is 38.4. The fourth-order valence-corrected chi connectivity index (χ4v) is 1.42. The number of aromatic nitrogens is 2. The van der Waals surface area contributed by atoms with E-state index in [1.807, 2.05) is 13.8 Å². The number of alkyl halides is 3. The van der Waals surface area contributed by atoms with Crippen molar-refractivity contribution in [2.24, 2.45) is 0 Å². The van der Waals surface area contributed by atoms with Crippen LogP contribution in [0.4, 0.5) is 13.2 Å². The van der Waals surface area contributed by atoms with Crippen LogP contribution in [0.2, 0.25) is 0 Å². The van der Waals surface area contributed by atoms with E-state index in [0.29, 0.717) is 0 Å². The van der Waals surface area contributed by atoms with Gasteiger partial charge in [0.05, 0.1) is 6.54 Å². The van der Waals surface area contributed by atoms with Gasteiger partial charge in [0.2, 0.25) is 0 Å². The summed E-state index contributed by atoms with van der Waals surface area (Å²) in [6.07, 6.45) is -0.997. The Kier molecular flexibility index (Phi) is 4.39. The van der Waals surface area contributed by atoms with Gasteiger partial charge >= 0.3 is 11.9 Å². The standard InChI is InChI=1S/C10H16F3N3O/c1-8(2)16-6-5-15(9(16)17)4-3-14-7-10(11,12)13/h5-6,8,14H,3-4,7H2,1-2H3. The second-order valence-corrected chi connectivity index (χ2v) is 4.07. The van der Waals surface area contributed by atoms with Crippen molar-refractivity contribution in [3.8, 4) is 0 Å². The lowest BCUT2D eigenvalue weighted by molar-refractivity contribution is -0.124. The largest absolute Gasteiger partial charge is 0.401 e. The molecule has 0 saturated carbocycles. The average Bonchev–Trinajstić information content (AvgIpc) is 2.53. The summed E-state index contributed by atoms with van der Waals surface area (Å²) in [5, 5.41) is 2.25. The molecule has 0 bridgehead atoms. The summed E-state index contributed by atoms with van der Waals surface area (Å²) in [4.78, 5) is 11.7. The number of imidazole rings is 1. The first-order valence-corrected chi connectivity index (χ1v) is 5.36. The van der Waals surface area contributed by atoms with Gasteiger partial charge in [-0.2, -0.15) is 13.2 Å². The zero-order chi connectivity index (χ0) is 13.1. The van der Waals surface area contributed by atoms with Crippen molar-refractivity contribution >= 4 is 0 Å². The lowest BCUT2D eigenvalue weighted by Crippen LogP contribution is -2.33. The van der Waals surface area contributed by atoms with Gasteiger partial charge in [-0.15, -0.1) is 0 Å². The number of nitrogens with zero attached hydrogens (tertiary/aromatic N) is 2. The number of hydrogen-bond donors (Lipinski definition) is 1. The highest BCUT2D eigenvalue weighted by molar-refractivity contribution is 4.83. The third-order valence-corrected chi connectivity index (χ3v) is 2.29. The van der Waals surface area contributed by atoms with E-state index in [0.717, 1.165) is 0 Å². The van der Waals surface area contributed by atoms with Crippen LogP contribution in [0.3, 0.4) is 0 Å². The molecule has 17 heavy (non-hydrogen) atoms. The minimum atomic E-state index is -4.21. The molecule has 1 rings (SSSR count). The Morgan fingerprint density at radius 2 is 2.00 bits per heavy atom. The zero-order valence-electron chi connectivity index (χ0n) is 9.79. The Balaban J connectivity index is 2.46. The number of rotatable bonds is 5. The predicted octanol–water partition coefficient (Wildman–Crippen LogP) is 1.38. The monoisotopic (exact) mass is 251 g/mol. The molecular formula is C10H16F3N3O. The Hall–Kier alpha value is -1.24.